The zero-order valence-corrected chi connectivity index (χ0v) is 14.7. The summed E-state index contributed by atoms with van der Waals surface area (Å²) in [5.74, 6) is -0.108. The minimum Gasteiger partial charge on any atom is -0.872 e. The molecule has 1 aliphatic heterocycles. The van der Waals surface area contributed by atoms with Crippen LogP contribution in [-0.2, 0) is 6.54 Å². The summed E-state index contributed by atoms with van der Waals surface area (Å²) in [6, 6.07) is 14.3. The molecule has 1 fully saturated rings. The highest BCUT2D eigenvalue weighted by molar-refractivity contribution is 5.48. The molecule has 0 aromatic heterocycles. The Morgan fingerprint density at radius 1 is 1.00 bits per heavy atom. The third kappa shape index (κ3) is 4.91. The van der Waals surface area contributed by atoms with Crippen molar-refractivity contribution in [2.75, 3.05) is 32.7 Å². The van der Waals surface area contributed by atoms with Gasteiger partial charge in [-0.05, 0) is 11.6 Å². The van der Waals surface area contributed by atoms with Crippen LogP contribution in [0.1, 0.15) is 11.1 Å². The van der Waals surface area contributed by atoms with Gasteiger partial charge in [-0.15, -0.1) is 0 Å². The number of nitro groups is 1. The molecule has 0 spiro atoms. The third-order valence-electron chi connectivity index (χ3n) is 4.88. The van der Waals surface area contributed by atoms with Crippen molar-refractivity contribution in [3.05, 3.63) is 75.8 Å². The van der Waals surface area contributed by atoms with Crippen molar-refractivity contribution in [3.8, 4) is 5.75 Å². The summed E-state index contributed by atoms with van der Waals surface area (Å²) in [6.07, 6.45) is 4.37. The maximum atomic E-state index is 12.0. The van der Waals surface area contributed by atoms with E-state index in [2.05, 4.69) is 24.3 Å². The number of rotatable bonds is 6. The van der Waals surface area contributed by atoms with E-state index < -0.39 is 4.92 Å². The maximum Gasteiger partial charge on any atom is 0.269 e. The molecule has 0 unspecified atom stereocenters. The number of piperazine rings is 1. The molecule has 1 aliphatic rings. The molecular weight excluding hydrogens is 330 g/mol. The minimum absolute atomic E-state index is 0.00527. The van der Waals surface area contributed by atoms with Crippen molar-refractivity contribution in [2.24, 2.45) is 0 Å². The van der Waals surface area contributed by atoms with E-state index in [0.717, 1.165) is 32.7 Å². The number of benzene rings is 2. The molecule has 1 saturated heterocycles. The summed E-state index contributed by atoms with van der Waals surface area (Å²) in [4.78, 5) is 13.3. The Kier molecular flexibility index (Phi) is 5.99. The smallest absolute Gasteiger partial charge is 0.269 e. The molecule has 26 heavy (non-hydrogen) atoms. The second kappa shape index (κ2) is 8.60. The van der Waals surface area contributed by atoms with Crippen LogP contribution in [0.3, 0.4) is 0 Å². The Hall–Kier alpha value is -2.70. The van der Waals surface area contributed by atoms with Gasteiger partial charge >= 0.3 is 0 Å². The van der Waals surface area contributed by atoms with Crippen LogP contribution in [0, 0.1) is 10.1 Å². The van der Waals surface area contributed by atoms with E-state index in [1.165, 1.54) is 33.6 Å². The van der Waals surface area contributed by atoms with E-state index in [0.29, 0.717) is 12.1 Å². The fraction of sp³-hybridized carbons (Fsp3) is 0.300. The SMILES string of the molecule is O=[N+]([O-])c1ccc([O-])c(C[NH+]2CC[NH+](C/C=C/c3ccccc3)CC2)c1. The molecule has 3 rings (SSSR count). The van der Waals surface area contributed by atoms with Crippen LogP contribution < -0.4 is 14.9 Å². The predicted molar refractivity (Wildman–Crippen MR) is 98.0 cm³/mol. The Bertz CT molecular complexity index is 769. The molecule has 0 amide bonds. The Balaban J connectivity index is 1.49. The standard InChI is InChI=1S/C20H23N3O3/c24-20-9-8-19(23(25)26)15-18(20)16-22-13-11-21(12-14-22)10-4-7-17-5-2-1-3-6-17/h1-9,15,24H,10-14,16H2/p+1/b7-4+. The van der Waals surface area contributed by atoms with E-state index in [1.54, 1.807) is 0 Å². The average molecular weight is 354 g/mol. The van der Waals surface area contributed by atoms with Gasteiger partial charge < -0.3 is 14.9 Å². The van der Waals surface area contributed by atoms with E-state index in [9.17, 15) is 15.2 Å². The van der Waals surface area contributed by atoms with Crippen molar-refractivity contribution < 1.29 is 19.8 Å². The Morgan fingerprint density at radius 3 is 2.38 bits per heavy atom. The van der Waals surface area contributed by atoms with Crippen LogP contribution in [-0.4, -0.2) is 37.6 Å². The largest absolute Gasteiger partial charge is 0.872 e. The summed E-state index contributed by atoms with van der Waals surface area (Å²) in [7, 11) is 0. The number of nitrogens with one attached hydrogen (secondary N) is 2. The summed E-state index contributed by atoms with van der Waals surface area (Å²) in [5.41, 5.74) is 1.75. The van der Waals surface area contributed by atoms with Gasteiger partial charge in [-0.25, -0.2) is 0 Å². The van der Waals surface area contributed by atoms with Crippen molar-refractivity contribution >= 4 is 11.8 Å². The first-order valence-electron chi connectivity index (χ1n) is 8.95. The first-order valence-corrected chi connectivity index (χ1v) is 8.95. The second-order valence-corrected chi connectivity index (χ2v) is 6.74. The molecule has 6 nitrogen and oxygen atoms in total. The Labute approximate surface area is 153 Å². The first kappa shape index (κ1) is 18.1. The lowest BCUT2D eigenvalue weighted by atomic mass is 10.1. The molecule has 136 valence electrons. The second-order valence-electron chi connectivity index (χ2n) is 6.74. The van der Waals surface area contributed by atoms with Crippen molar-refractivity contribution in [1.29, 1.82) is 0 Å². The highest BCUT2D eigenvalue weighted by atomic mass is 16.6. The van der Waals surface area contributed by atoms with E-state index in [4.69, 9.17) is 0 Å². The number of hydrogen-bond donors (Lipinski definition) is 2. The molecular formula is C20H24N3O3+. The van der Waals surface area contributed by atoms with Crippen LogP contribution in [0.5, 0.6) is 5.75 Å². The molecule has 0 bridgehead atoms. The highest BCUT2D eigenvalue weighted by Crippen LogP contribution is 2.19. The summed E-state index contributed by atoms with van der Waals surface area (Å²) in [5, 5.41) is 22.8. The van der Waals surface area contributed by atoms with Gasteiger partial charge in [0, 0.05) is 17.7 Å². The van der Waals surface area contributed by atoms with Gasteiger partial charge in [0.25, 0.3) is 5.69 Å². The van der Waals surface area contributed by atoms with Crippen molar-refractivity contribution in [2.45, 2.75) is 6.54 Å². The molecule has 6 heteroatoms. The summed E-state index contributed by atoms with van der Waals surface area (Å²) in [6.45, 7) is 5.57. The molecule has 0 atom stereocenters. The van der Waals surface area contributed by atoms with Crippen molar-refractivity contribution in [3.63, 3.8) is 0 Å². The van der Waals surface area contributed by atoms with Crippen LogP contribution in [0.15, 0.2) is 54.6 Å². The molecule has 2 aromatic carbocycles. The summed E-state index contributed by atoms with van der Waals surface area (Å²) >= 11 is 0. The van der Waals surface area contributed by atoms with Gasteiger partial charge in [0.05, 0.1) is 11.5 Å². The zero-order chi connectivity index (χ0) is 18.4. The number of nitrogens with zero attached hydrogens (tertiary/aromatic N) is 1. The normalized spacial score (nSPS) is 20.3. The van der Waals surface area contributed by atoms with Crippen LogP contribution in [0.2, 0.25) is 0 Å². The third-order valence-corrected chi connectivity index (χ3v) is 4.88. The first-order chi connectivity index (χ1) is 12.6. The minimum atomic E-state index is -0.445. The maximum absolute atomic E-state index is 12.0. The molecule has 0 aliphatic carbocycles. The van der Waals surface area contributed by atoms with E-state index in [-0.39, 0.29) is 11.4 Å². The number of quaternary nitrogens is 2. The fourth-order valence-corrected chi connectivity index (χ4v) is 3.35. The molecule has 2 aromatic rings. The van der Waals surface area contributed by atoms with Crippen molar-refractivity contribution in [1.82, 2.24) is 0 Å². The van der Waals surface area contributed by atoms with E-state index in [1.807, 2.05) is 18.2 Å². The number of hydrogen-bond acceptors (Lipinski definition) is 3. The monoisotopic (exact) mass is 354 g/mol. The lowest BCUT2D eigenvalue weighted by Gasteiger charge is -2.30. The van der Waals surface area contributed by atoms with Gasteiger partial charge in [0.1, 0.15) is 32.7 Å². The lowest BCUT2D eigenvalue weighted by molar-refractivity contribution is -1.02. The number of non-ortho nitro benzene ring substituents is 1. The molecule has 1 heterocycles. The average Bonchev–Trinajstić information content (AvgIpc) is 2.65. The highest BCUT2D eigenvalue weighted by Gasteiger charge is 2.22. The lowest BCUT2D eigenvalue weighted by Crippen LogP contribution is -3.27. The molecule has 0 radical (unpaired) electrons. The van der Waals surface area contributed by atoms with Gasteiger partial charge in [-0.1, -0.05) is 48.2 Å². The Morgan fingerprint density at radius 2 is 1.69 bits per heavy atom. The molecule has 2 N–H and O–H groups in total. The molecule has 0 saturated carbocycles. The number of nitro benzene ring substituents is 1. The fourth-order valence-electron chi connectivity index (χ4n) is 3.35. The zero-order valence-electron chi connectivity index (χ0n) is 14.7. The van der Waals surface area contributed by atoms with E-state index >= 15 is 0 Å². The van der Waals surface area contributed by atoms with Crippen LogP contribution in [0.25, 0.3) is 6.08 Å². The van der Waals surface area contributed by atoms with Crippen LogP contribution >= 0.6 is 0 Å². The van der Waals surface area contributed by atoms with Crippen LogP contribution in [0.4, 0.5) is 5.69 Å². The quantitative estimate of drug-likeness (QED) is 0.551. The predicted octanol–water partition coefficient (Wildman–Crippen LogP) is -0.335. The van der Waals surface area contributed by atoms with Gasteiger partial charge in [-0.3, -0.25) is 10.1 Å². The van der Waals surface area contributed by atoms with Gasteiger partial charge in [0.2, 0.25) is 0 Å². The topological polar surface area (TPSA) is 75.1 Å². The van der Waals surface area contributed by atoms with Gasteiger partial charge in [-0.2, -0.15) is 0 Å². The van der Waals surface area contributed by atoms with Gasteiger partial charge in [0.15, 0.2) is 0 Å². The summed E-state index contributed by atoms with van der Waals surface area (Å²) < 4.78 is 0.